The van der Waals surface area contributed by atoms with Crippen LogP contribution in [0, 0.1) is 0 Å². The Labute approximate surface area is 126 Å². The van der Waals surface area contributed by atoms with Crippen LogP contribution in [0.25, 0.3) is 0 Å². The predicted molar refractivity (Wildman–Crippen MR) is 79.0 cm³/mol. The molecule has 0 radical (unpaired) electrons. The predicted octanol–water partition coefficient (Wildman–Crippen LogP) is 2.58. The van der Waals surface area contributed by atoms with E-state index in [2.05, 4.69) is 0 Å². The topological polar surface area (TPSA) is 66.8 Å². The highest BCUT2D eigenvalue weighted by Gasteiger charge is 2.36. The first-order valence-electron chi connectivity index (χ1n) is 8.32. The Balaban J connectivity index is 1.98. The molecule has 21 heavy (non-hydrogen) atoms. The Kier molecular flexibility index (Phi) is 6.03. The monoisotopic (exact) mass is 297 g/mol. The normalized spacial score (nSPS) is 25.6. The van der Waals surface area contributed by atoms with Crippen molar-refractivity contribution in [3.8, 4) is 0 Å². The number of aliphatic carboxylic acids is 1. The van der Waals surface area contributed by atoms with Crippen LogP contribution >= 0.6 is 0 Å². The molecular weight excluding hydrogens is 270 g/mol. The van der Waals surface area contributed by atoms with E-state index in [4.69, 9.17) is 4.74 Å². The number of hydrogen-bond donors (Lipinski definition) is 1. The summed E-state index contributed by atoms with van der Waals surface area (Å²) in [5.74, 6) is -1.02. The molecule has 5 nitrogen and oxygen atoms in total. The van der Waals surface area contributed by atoms with Crippen LogP contribution in [0.4, 0.5) is 0 Å². The maximum atomic E-state index is 12.7. The summed E-state index contributed by atoms with van der Waals surface area (Å²) in [5, 5.41) is 9.30. The Morgan fingerprint density at radius 1 is 1.14 bits per heavy atom. The van der Waals surface area contributed by atoms with E-state index in [-0.39, 0.29) is 12.0 Å². The molecule has 0 aromatic heterocycles. The minimum Gasteiger partial charge on any atom is -0.480 e. The molecule has 1 saturated heterocycles. The van der Waals surface area contributed by atoms with Gasteiger partial charge >= 0.3 is 5.97 Å². The first-order chi connectivity index (χ1) is 10.1. The molecule has 1 heterocycles. The van der Waals surface area contributed by atoms with Gasteiger partial charge in [-0.25, -0.2) is 4.79 Å². The van der Waals surface area contributed by atoms with Crippen molar-refractivity contribution in [1.82, 2.24) is 4.90 Å². The van der Waals surface area contributed by atoms with Gasteiger partial charge in [0.05, 0.1) is 6.10 Å². The molecule has 120 valence electrons. The molecule has 2 fully saturated rings. The van der Waals surface area contributed by atoms with Crippen LogP contribution in [0.5, 0.6) is 0 Å². The van der Waals surface area contributed by atoms with Gasteiger partial charge < -0.3 is 14.7 Å². The highest BCUT2D eigenvalue weighted by Crippen LogP contribution is 2.24. The highest BCUT2D eigenvalue weighted by molar-refractivity contribution is 5.86. The van der Waals surface area contributed by atoms with Gasteiger partial charge in [-0.15, -0.1) is 0 Å². The second kappa shape index (κ2) is 7.78. The second-order valence-corrected chi connectivity index (χ2v) is 6.17. The van der Waals surface area contributed by atoms with Gasteiger partial charge in [0.2, 0.25) is 0 Å². The van der Waals surface area contributed by atoms with Crippen LogP contribution in [0.3, 0.4) is 0 Å². The standard InChI is InChI=1S/C16H27NO4/c1-2-14(21-12-8-4-3-5-9-12)15(18)17-11-7-6-10-13(17)16(19)20/h12-14H,2-11H2,1H3,(H,19,20). The number of rotatable bonds is 5. The van der Waals surface area contributed by atoms with Gasteiger partial charge in [0.25, 0.3) is 5.91 Å². The number of hydrogen-bond acceptors (Lipinski definition) is 3. The zero-order valence-electron chi connectivity index (χ0n) is 12.9. The summed E-state index contributed by atoms with van der Waals surface area (Å²) in [6, 6.07) is -0.671. The first-order valence-corrected chi connectivity index (χ1v) is 8.32. The van der Waals surface area contributed by atoms with E-state index < -0.39 is 18.1 Å². The quantitative estimate of drug-likeness (QED) is 0.847. The molecule has 0 bridgehead atoms. The third-order valence-corrected chi connectivity index (χ3v) is 4.63. The third-order valence-electron chi connectivity index (χ3n) is 4.63. The highest BCUT2D eigenvalue weighted by atomic mass is 16.5. The maximum Gasteiger partial charge on any atom is 0.326 e. The van der Waals surface area contributed by atoms with Gasteiger partial charge in [0.15, 0.2) is 0 Å². The average molecular weight is 297 g/mol. The Morgan fingerprint density at radius 3 is 2.43 bits per heavy atom. The van der Waals surface area contributed by atoms with Gasteiger partial charge in [0, 0.05) is 6.54 Å². The first kappa shape index (κ1) is 16.3. The van der Waals surface area contributed by atoms with Crippen molar-refractivity contribution in [2.75, 3.05) is 6.54 Å². The van der Waals surface area contributed by atoms with E-state index >= 15 is 0 Å². The molecule has 1 amide bonds. The van der Waals surface area contributed by atoms with E-state index in [1.165, 1.54) is 11.3 Å². The van der Waals surface area contributed by atoms with Crippen LogP contribution in [-0.4, -0.2) is 46.7 Å². The zero-order valence-corrected chi connectivity index (χ0v) is 12.9. The number of nitrogens with zero attached hydrogens (tertiary/aromatic N) is 1. The second-order valence-electron chi connectivity index (χ2n) is 6.17. The van der Waals surface area contributed by atoms with Gasteiger partial charge in [-0.05, 0) is 38.5 Å². The van der Waals surface area contributed by atoms with E-state index in [0.717, 1.165) is 38.5 Å². The van der Waals surface area contributed by atoms with E-state index in [0.29, 0.717) is 19.4 Å². The van der Waals surface area contributed by atoms with Crippen LogP contribution in [0.1, 0.15) is 64.7 Å². The van der Waals surface area contributed by atoms with E-state index in [1.807, 2.05) is 6.92 Å². The van der Waals surface area contributed by atoms with Gasteiger partial charge in [0.1, 0.15) is 12.1 Å². The molecule has 2 aliphatic rings. The lowest BCUT2D eigenvalue weighted by atomic mass is 9.97. The number of ether oxygens (including phenoxy) is 1. The Hall–Kier alpha value is -1.10. The smallest absolute Gasteiger partial charge is 0.326 e. The van der Waals surface area contributed by atoms with Gasteiger partial charge in [-0.3, -0.25) is 4.79 Å². The molecule has 2 unspecified atom stereocenters. The number of carboxylic acids is 1. The lowest BCUT2D eigenvalue weighted by Gasteiger charge is -2.36. The van der Waals surface area contributed by atoms with Crippen molar-refractivity contribution in [2.45, 2.75) is 83.0 Å². The molecule has 2 rings (SSSR count). The lowest BCUT2D eigenvalue weighted by molar-refractivity contribution is -0.161. The van der Waals surface area contributed by atoms with Crippen LogP contribution < -0.4 is 0 Å². The number of carboxylic acid groups (broad SMARTS) is 1. The summed E-state index contributed by atoms with van der Waals surface area (Å²) in [7, 11) is 0. The van der Waals surface area contributed by atoms with Crippen LogP contribution in [0.15, 0.2) is 0 Å². The zero-order chi connectivity index (χ0) is 15.2. The van der Waals surface area contributed by atoms with Crippen molar-refractivity contribution in [1.29, 1.82) is 0 Å². The fourth-order valence-electron chi connectivity index (χ4n) is 3.40. The lowest BCUT2D eigenvalue weighted by Crippen LogP contribution is -2.52. The molecule has 2 atom stereocenters. The van der Waals surface area contributed by atoms with E-state index in [1.54, 1.807) is 0 Å². The van der Waals surface area contributed by atoms with Gasteiger partial charge in [-0.2, -0.15) is 0 Å². The maximum absolute atomic E-state index is 12.7. The number of piperidine rings is 1. The number of amides is 1. The largest absolute Gasteiger partial charge is 0.480 e. The average Bonchev–Trinajstić information content (AvgIpc) is 2.53. The number of likely N-dealkylation sites (tertiary alicyclic amines) is 1. The number of carbonyl (C=O) groups excluding carboxylic acids is 1. The third kappa shape index (κ3) is 4.19. The van der Waals surface area contributed by atoms with Crippen molar-refractivity contribution in [2.24, 2.45) is 0 Å². The summed E-state index contributed by atoms with van der Waals surface area (Å²) in [5.41, 5.74) is 0. The van der Waals surface area contributed by atoms with Crippen molar-refractivity contribution in [3.05, 3.63) is 0 Å². The fourth-order valence-corrected chi connectivity index (χ4v) is 3.40. The summed E-state index contributed by atoms with van der Waals surface area (Å²) < 4.78 is 6.00. The van der Waals surface area contributed by atoms with E-state index in [9.17, 15) is 14.7 Å². The van der Waals surface area contributed by atoms with Crippen molar-refractivity contribution < 1.29 is 19.4 Å². The summed E-state index contributed by atoms with van der Waals surface area (Å²) in [6.07, 6.45) is 8.23. The molecular formula is C16H27NO4. The van der Waals surface area contributed by atoms with Crippen molar-refractivity contribution in [3.63, 3.8) is 0 Å². The Bertz CT molecular complexity index is 365. The fraction of sp³-hybridized carbons (Fsp3) is 0.875. The van der Waals surface area contributed by atoms with Crippen LogP contribution in [-0.2, 0) is 14.3 Å². The molecule has 0 spiro atoms. The molecule has 1 saturated carbocycles. The molecule has 1 N–H and O–H groups in total. The number of carbonyl (C=O) groups is 2. The van der Waals surface area contributed by atoms with Crippen molar-refractivity contribution >= 4 is 11.9 Å². The summed E-state index contributed by atoms with van der Waals surface area (Å²) >= 11 is 0. The molecule has 1 aliphatic carbocycles. The minimum atomic E-state index is -0.893. The summed E-state index contributed by atoms with van der Waals surface area (Å²) in [4.78, 5) is 25.5. The Morgan fingerprint density at radius 2 is 1.81 bits per heavy atom. The summed E-state index contributed by atoms with van der Waals surface area (Å²) in [6.45, 7) is 2.48. The van der Waals surface area contributed by atoms with Gasteiger partial charge in [-0.1, -0.05) is 26.2 Å². The molecule has 1 aliphatic heterocycles. The molecule has 0 aromatic rings. The molecule has 5 heteroatoms. The SMILES string of the molecule is CCC(OC1CCCCC1)C(=O)N1CCCCC1C(=O)O. The minimum absolute atomic E-state index is 0.129. The van der Waals surface area contributed by atoms with Crippen LogP contribution in [0.2, 0.25) is 0 Å². The molecule has 0 aromatic carbocycles.